The third kappa shape index (κ3) is 29.2. The highest BCUT2D eigenvalue weighted by molar-refractivity contribution is 5.94. The van der Waals surface area contributed by atoms with Crippen molar-refractivity contribution >= 4 is 65.2 Å². The van der Waals surface area contributed by atoms with E-state index in [4.69, 9.17) is 9.47 Å². The van der Waals surface area contributed by atoms with Gasteiger partial charge in [-0.1, -0.05) is 69.2 Å². The normalized spacial score (nSPS) is 14.3. The molecule has 0 rings (SSSR count). The van der Waals surface area contributed by atoms with Crippen LogP contribution in [0.2, 0.25) is 0 Å². The van der Waals surface area contributed by atoms with E-state index in [1.165, 1.54) is 7.11 Å². The molecule has 5 unspecified atom stereocenters. The third-order valence-corrected chi connectivity index (χ3v) is 14.7. The maximum atomic E-state index is 13.7. The molecule has 10 N–H and O–H groups in total. The van der Waals surface area contributed by atoms with Crippen molar-refractivity contribution in [1.29, 1.82) is 0 Å². The summed E-state index contributed by atoms with van der Waals surface area (Å²) in [5.41, 5.74) is -7.41. The molecular formula is C61H112N10O13. The summed E-state index contributed by atoms with van der Waals surface area (Å²) in [4.78, 5) is 145. The number of alkyl carbamates (subject to hydrolysis) is 1. The van der Waals surface area contributed by atoms with Gasteiger partial charge in [-0.15, -0.1) is 0 Å². The van der Waals surface area contributed by atoms with Gasteiger partial charge >= 0.3 is 12.1 Å². The Kier molecular flexibility index (Phi) is 31.2. The van der Waals surface area contributed by atoms with E-state index >= 15 is 0 Å². The number of ether oxygens (including phenoxy) is 2. The predicted molar refractivity (Wildman–Crippen MR) is 324 cm³/mol. The quantitative estimate of drug-likeness (QED) is 0.0344. The molecule has 0 spiro atoms. The maximum Gasteiger partial charge on any atom is 0.408 e. The van der Waals surface area contributed by atoms with Crippen molar-refractivity contribution in [3.63, 3.8) is 0 Å². The van der Waals surface area contributed by atoms with Gasteiger partial charge in [0.15, 0.2) is 0 Å². The van der Waals surface area contributed by atoms with Gasteiger partial charge in [0, 0.05) is 62.3 Å². The number of carbonyl (C=O) groups is 11. The first kappa shape index (κ1) is 78.0. The van der Waals surface area contributed by atoms with E-state index in [-0.39, 0.29) is 99.4 Å². The van der Waals surface area contributed by atoms with Gasteiger partial charge in [0.05, 0.1) is 7.11 Å². The van der Waals surface area contributed by atoms with Crippen LogP contribution in [0.25, 0.3) is 0 Å². The standard InChI is InChI=1S/C61H112N10O13/c1-35(2)40(25-30-45(72)68-58(16,17)51(78)64-42(37(5)6)27-32-47(74)70-60(20,21)53(80)66-44(39(9)10)29-34-49(76)83-24)62-50(77)57(14,15)67-46(73)31-26-41(36(3)4)63-52(79)59(18,19)69-48(75)33-28-43(38(7)8)65-54(81)61(22,23)71-55(82)84-56(11,12)13/h35-44H,25-34H2,1-24H3,(H,62,77)(H,63,79)(H,64,78)(H,65,81)(H,66,80)(H,67,73)(H,68,72)(H,69,75)(H,70,74)(H,71,82). The van der Waals surface area contributed by atoms with Gasteiger partial charge in [-0.05, 0) is 152 Å². The number of rotatable bonds is 35. The fraction of sp³-hybridized carbons (Fsp3) is 0.820. The molecule has 0 bridgehead atoms. The Morgan fingerprint density at radius 1 is 0.310 bits per heavy atom. The summed E-state index contributed by atoms with van der Waals surface area (Å²) >= 11 is 0. The number of nitrogens with one attached hydrogen (secondary N) is 10. The van der Waals surface area contributed by atoms with Crippen LogP contribution in [0.5, 0.6) is 0 Å². The lowest BCUT2D eigenvalue weighted by Gasteiger charge is -2.32. The molecule has 484 valence electrons. The molecule has 0 aliphatic rings. The first-order valence-electron chi connectivity index (χ1n) is 30.0. The fourth-order valence-corrected chi connectivity index (χ4v) is 8.61. The Bertz CT molecular complexity index is 2250. The summed E-state index contributed by atoms with van der Waals surface area (Å²) in [5.74, 6) is -4.69. The van der Waals surface area contributed by atoms with E-state index in [1.807, 2.05) is 69.2 Å². The molecule has 0 saturated carbocycles. The van der Waals surface area contributed by atoms with Crippen molar-refractivity contribution in [1.82, 2.24) is 53.2 Å². The zero-order chi connectivity index (χ0) is 65.7. The zero-order valence-electron chi connectivity index (χ0n) is 55.7. The van der Waals surface area contributed by atoms with Gasteiger partial charge in [-0.25, -0.2) is 4.79 Å². The molecule has 0 aromatic rings. The Morgan fingerprint density at radius 2 is 0.500 bits per heavy atom. The highest BCUT2D eigenvalue weighted by Gasteiger charge is 2.38. The van der Waals surface area contributed by atoms with Crippen LogP contribution < -0.4 is 53.2 Å². The van der Waals surface area contributed by atoms with Crippen molar-refractivity contribution in [2.45, 2.75) is 287 Å². The topological polar surface area (TPSA) is 327 Å². The second-order valence-electron chi connectivity index (χ2n) is 27.8. The molecule has 0 fully saturated rings. The van der Waals surface area contributed by atoms with Crippen LogP contribution in [0.15, 0.2) is 0 Å². The minimum absolute atomic E-state index is 0.000817. The second-order valence-corrected chi connectivity index (χ2v) is 27.8. The lowest BCUT2D eigenvalue weighted by atomic mass is 9.94. The number of carbonyl (C=O) groups excluding carboxylic acids is 11. The molecule has 23 nitrogen and oxygen atoms in total. The molecule has 10 amide bonds. The van der Waals surface area contributed by atoms with E-state index in [9.17, 15) is 52.7 Å². The van der Waals surface area contributed by atoms with Gasteiger partial charge in [-0.3, -0.25) is 47.9 Å². The lowest BCUT2D eigenvalue weighted by molar-refractivity contribution is -0.141. The molecular weight excluding hydrogens is 1080 g/mol. The van der Waals surface area contributed by atoms with E-state index in [2.05, 4.69) is 53.2 Å². The Hall–Kier alpha value is -6.03. The van der Waals surface area contributed by atoms with E-state index in [1.54, 1.807) is 90.0 Å². The predicted octanol–water partition coefficient (Wildman–Crippen LogP) is 5.65. The Morgan fingerprint density at radius 3 is 0.679 bits per heavy atom. The van der Waals surface area contributed by atoms with Crippen molar-refractivity contribution < 1.29 is 62.2 Å². The number of hydrogen-bond acceptors (Lipinski definition) is 13. The number of hydrogen-bond donors (Lipinski definition) is 10. The van der Waals surface area contributed by atoms with E-state index in [0.717, 1.165) is 0 Å². The van der Waals surface area contributed by atoms with Gasteiger partial charge in [0.25, 0.3) is 0 Å². The van der Waals surface area contributed by atoms with Crippen molar-refractivity contribution in [2.24, 2.45) is 29.6 Å². The minimum atomic E-state index is -1.37. The average molecular weight is 1190 g/mol. The molecule has 0 aliphatic heterocycles. The van der Waals surface area contributed by atoms with Crippen molar-refractivity contribution in [3.8, 4) is 0 Å². The Balaban J connectivity index is 5.46. The van der Waals surface area contributed by atoms with Gasteiger partial charge in [0.2, 0.25) is 53.2 Å². The number of amides is 10. The molecule has 0 heterocycles. The molecule has 0 aliphatic carbocycles. The van der Waals surface area contributed by atoms with Crippen LogP contribution in [-0.2, 0) is 57.4 Å². The van der Waals surface area contributed by atoms with Crippen LogP contribution in [0.3, 0.4) is 0 Å². The average Bonchev–Trinajstić information content (AvgIpc) is 3.54. The molecule has 5 atom stereocenters. The van der Waals surface area contributed by atoms with Crippen LogP contribution in [0.1, 0.15) is 223 Å². The summed E-state index contributed by atoms with van der Waals surface area (Å²) in [6.45, 7) is 39.9. The van der Waals surface area contributed by atoms with Crippen LogP contribution in [-0.4, -0.2) is 136 Å². The van der Waals surface area contributed by atoms with Gasteiger partial charge in [0.1, 0.15) is 33.3 Å². The number of methoxy groups -OCH3 is 1. The minimum Gasteiger partial charge on any atom is -0.469 e. The van der Waals surface area contributed by atoms with Crippen LogP contribution in [0.4, 0.5) is 4.79 Å². The summed E-state index contributed by atoms with van der Waals surface area (Å²) in [7, 11) is 1.30. The molecule has 0 radical (unpaired) electrons. The zero-order valence-corrected chi connectivity index (χ0v) is 55.7. The van der Waals surface area contributed by atoms with E-state index < -0.39 is 117 Å². The first-order chi connectivity index (χ1) is 38.1. The Labute approximate surface area is 502 Å². The van der Waals surface area contributed by atoms with Gasteiger partial charge < -0.3 is 62.6 Å². The molecule has 0 aromatic heterocycles. The summed E-state index contributed by atoms with van der Waals surface area (Å²) in [5, 5.41) is 28.6. The molecule has 23 heteroatoms. The van der Waals surface area contributed by atoms with E-state index in [0.29, 0.717) is 6.42 Å². The fourth-order valence-electron chi connectivity index (χ4n) is 8.61. The van der Waals surface area contributed by atoms with Gasteiger partial charge in [-0.2, -0.15) is 0 Å². The highest BCUT2D eigenvalue weighted by atomic mass is 16.6. The SMILES string of the molecule is COC(=O)CCC(NC(=O)C(C)(C)NC(=O)CCC(NC(=O)C(C)(C)NC(=O)CCC(NC(=O)C(C)(C)NC(=O)CCC(NC(=O)C(C)(C)NC(=O)CCC(NC(=O)C(C)(C)NC(=O)OC(C)(C)C)C(C)C)C(C)C)C(C)C)C(C)C)C(C)C. The van der Waals surface area contributed by atoms with Crippen LogP contribution in [0, 0.1) is 29.6 Å². The monoisotopic (exact) mass is 1190 g/mol. The first-order valence-corrected chi connectivity index (χ1v) is 30.0. The highest BCUT2D eigenvalue weighted by Crippen LogP contribution is 2.20. The molecule has 84 heavy (non-hydrogen) atoms. The van der Waals surface area contributed by atoms with Crippen LogP contribution >= 0.6 is 0 Å². The number of esters is 1. The smallest absolute Gasteiger partial charge is 0.408 e. The second kappa shape index (κ2) is 33.6. The molecule has 0 saturated heterocycles. The summed E-state index contributed by atoms with van der Waals surface area (Å²) < 4.78 is 10.0. The summed E-state index contributed by atoms with van der Waals surface area (Å²) in [6, 6.07) is -2.17. The summed E-state index contributed by atoms with van der Waals surface area (Å²) in [6.07, 6.45) is 0.643. The third-order valence-electron chi connectivity index (χ3n) is 14.7. The van der Waals surface area contributed by atoms with Crippen molar-refractivity contribution in [3.05, 3.63) is 0 Å². The molecule has 0 aromatic carbocycles. The van der Waals surface area contributed by atoms with Crippen molar-refractivity contribution in [2.75, 3.05) is 7.11 Å². The lowest BCUT2D eigenvalue weighted by Crippen LogP contribution is -2.59. The largest absolute Gasteiger partial charge is 0.469 e. The maximum absolute atomic E-state index is 13.7.